The smallest absolute Gasteiger partial charge is 0.306 e. The minimum absolute atomic E-state index is 0.294. The highest BCUT2D eigenvalue weighted by atomic mass is 19.1. The first-order chi connectivity index (χ1) is 9.60. The molecule has 1 atom stereocenters. The van der Waals surface area contributed by atoms with Gasteiger partial charge in [0.25, 0.3) is 0 Å². The highest BCUT2D eigenvalue weighted by Gasteiger charge is 2.46. The van der Waals surface area contributed by atoms with Gasteiger partial charge in [0, 0.05) is 18.4 Å². The summed E-state index contributed by atoms with van der Waals surface area (Å²) in [7, 11) is 0. The molecule has 1 spiro atoms. The average molecular weight is 280 g/mol. The summed E-state index contributed by atoms with van der Waals surface area (Å²) in [6.45, 7) is 0.318. The van der Waals surface area contributed by atoms with Crippen LogP contribution in [-0.2, 0) is 14.3 Å². The molecule has 0 aromatic heterocycles. The predicted molar refractivity (Wildman–Crippen MR) is 68.5 cm³/mol. The Labute approximate surface area is 116 Å². The Hall–Kier alpha value is -1.46. The SMILES string of the molecule is O=C(O)C1CCC2(CC1)OCC(c1ccccc1F)O2. The monoisotopic (exact) mass is 280 g/mol. The fourth-order valence-corrected chi connectivity index (χ4v) is 3.01. The normalized spacial score (nSPS) is 33.5. The molecule has 1 aromatic carbocycles. The van der Waals surface area contributed by atoms with Gasteiger partial charge in [-0.25, -0.2) is 4.39 Å². The maximum Gasteiger partial charge on any atom is 0.306 e. The van der Waals surface area contributed by atoms with Gasteiger partial charge >= 0.3 is 5.97 Å². The van der Waals surface area contributed by atoms with Crippen LogP contribution in [0.4, 0.5) is 4.39 Å². The fourth-order valence-electron chi connectivity index (χ4n) is 3.01. The van der Waals surface area contributed by atoms with Crippen LogP contribution in [0, 0.1) is 11.7 Å². The number of rotatable bonds is 2. The van der Waals surface area contributed by atoms with Gasteiger partial charge in [-0.05, 0) is 18.9 Å². The molecule has 20 heavy (non-hydrogen) atoms. The van der Waals surface area contributed by atoms with Crippen molar-refractivity contribution in [1.82, 2.24) is 0 Å². The lowest BCUT2D eigenvalue weighted by Gasteiger charge is -2.34. The van der Waals surface area contributed by atoms with Crippen LogP contribution in [0.15, 0.2) is 24.3 Å². The van der Waals surface area contributed by atoms with Crippen molar-refractivity contribution in [2.45, 2.75) is 37.6 Å². The number of hydrogen-bond donors (Lipinski definition) is 1. The summed E-state index contributed by atoms with van der Waals surface area (Å²) in [6, 6.07) is 6.52. The van der Waals surface area contributed by atoms with E-state index in [1.807, 2.05) is 0 Å². The third kappa shape index (κ3) is 2.43. The number of carboxylic acids is 1. The zero-order chi connectivity index (χ0) is 14.2. The molecule has 1 heterocycles. The molecule has 2 fully saturated rings. The van der Waals surface area contributed by atoms with Gasteiger partial charge in [0.05, 0.1) is 12.5 Å². The van der Waals surface area contributed by atoms with Crippen LogP contribution in [0.25, 0.3) is 0 Å². The van der Waals surface area contributed by atoms with Gasteiger partial charge in [-0.2, -0.15) is 0 Å². The van der Waals surface area contributed by atoms with Crippen LogP contribution in [0.1, 0.15) is 37.4 Å². The van der Waals surface area contributed by atoms with Crippen LogP contribution in [-0.4, -0.2) is 23.5 Å². The Morgan fingerprint density at radius 2 is 2.00 bits per heavy atom. The van der Waals surface area contributed by atoms with Crippen LogP contribution < -0.4 is 0 Å². The Morgan fingerprint density at radius 1 is 1.30 bits per heavy atom. The highest BCUT2D eigenvalue weighted by Crippen LogP contribution is 2.44. The molecular weight excluding hydrogens is 263 g/mol. The van der Waals surface area contributed by atoms with Gasteiger partial charge in [0.15, 0.2) is 5.79 Å². The van der Waals surface area contributed by atoms with E-state index < -0.39 is 17.9 Å². The molecule has 1 N–H and O–H groups in total. The summed E-state index contributed by atoms with van der Waals surface area (Å²) in [5.41, 5.74) is 0.504. The van der Waals surface area contributed by atoms with Crippen LogP contribution in [0.3, 0.4) is 0 Å². The van der Waals surface area contributed by atoms with E-state index in [0.29, 0.717) is 37.9 Å². The second-order valence-electron chi connectivity index (χ2n) is 5.46. The summed E-state index contributed by atoms with van der Waals surface area (Å²) < 4.78 is 25.4. The maximum atomic E-state index is 13.8. The average Bonchev–Trinajstić information content (AvgIpc) is 2.83. The van der Waals surface area contributed by atoms with E-state index in [0.717, 1.165) is 0 Å². The molecule has 3 rings (SSSR count). The predicted octanol–water partition coefficient (Wildman–Crippen LogP) is 2.88. The standard InChI is InChI=1S/C15H17FO4/c16-12-4-2-1-3-11(12)13-9-19-15(20-13)7-5-10(6-8-15)14(17)18/h1-4,10,13H,5-9H2,(H,17,18). The van der Waals surface area contributed by atoms with Crippen molar-refractivity contribution >= 4 is 5.97 Å². The number of carboxylic acid groups (broad SMARTS) is 1. The molecule has 1 saturated carbocycles. The van der Waals surface area contributed by atoms with E-state index >= 15 is 0 Å². The van der Waals surface area contributed by atoms with E-state index in [2.05, 4.69) is 0 Å². The first-order valence-electron chi connectivity index (χ1n) is 6.89. The Balaban J connectivity index is 1.68. The van der Waals surface area contributed by atoms with E-state index in [1.165, 1.54) is 6.07 Å². The minimum Gasteiger partial charge on any atom is -0.481 e. The largest absolute Gasteiger partial charge is 0.481 e. The quantitative estimate of drug-likeness (QED) is 0.905. The minimum atomic E-state index is -0.761. The van der Waals surface area contributed by atoms with Crippen molar-refractivity contribution < 1.29 is 23.8 Å². The van der Waals surface area contributed by atoms with E-state index in [1.54, 1.807) is 18.2 Å². The van der Waals surface area contributed by atoms with Gasteiger partial charge in [-0.1, -0.05) is 18.2 Å². The number of hydrogen-bond acceptors (Lipinski definition) is 3. The van der Waals surface area contributed by atoms with Crippen molar-refractivity contribution in [2.24, 2.45) is 5.92 Å². The van der Waals surface area contributed by atoms with E-state index in [4.69, 9.17) is 14.6 Å². The summed E-state index contributed by atoms with van der Waals surface area (Å²) in [5.74, 6) is -2.10. The first kappa shape index (κ1) is 13.5. The number of benzene rings is 1. The van der Waals surface area contributed by atoms with Gasteiger partial charge in [0.2, 0.25) is 0 Å². The van der Waals surface area contributed by atoms with Crippen LogP contribution in [0.5, 0.6) is 0 Å². The molecule has 2 aliphatic rings. The molecule has 1 aliphatic carbocycles. The molecular formula is C15H17FO4. The summed E-state index contributed by atoms with van der Waals surface area (Å²) >= 11 is 0. The summed E-state index contributed by atoms with van der Waals surface area (Å²) in [4.78, 5) is 11.0. The Morgan fingerprint density at radius 3 is 2.65 bits per heavy atom. The number of carbonyl (C=O) groups is 1. The van der Waals surface area contributed by atoms with Crippen molar-refractivity contribution in [3.05, 3.63) is 35.6 Å². The molecule has 0 amide bonds. The van der Waals surface area contributed by atoms with E-state index in [-0.39, 0.29) is 11.7 Å². The van der Waals surface area contributed by atoms with E-state index in [9.17, 15) is 9.18 Å². The molecule has 1 aromatic rings. The third-order valence-electron chi connectivity index (χ3n) is 4.20. The fraction of sp³-hybridized carbons (Fsp3) is 0.533. The van der Waals surface area contributed by atoms with Crippen molar-refractivity contribution in [3.8, 4) is 0 Å². The lowest BCUT2D eigenvalue weighted by atomic mass is 9.85. The number of ether oxygens (including phenoxy) is 2. The van der Waals surface area contributed by atoms with Gasteiger partial charge in [-0.15, -0.1) is 0 Å². The van der Waals surface area contributed by atoms with Crippen molar-refractivity contribution in [2.75, 3.05) is 6.61 Å². The van der Waals surface area contributed by atoms with Crippen LogP contribution in [0.2, 0.25) is 0 Å². The third-order valence-corrected chi connectivity index (χ3v) is 4.20. The maximum absolute atomic E-state index is 13.8. The molecule has 0 radical (unpaired) electrons. The lowest BCUT2D eigenvalue weighted by Crippen LogP contribution is -2.37. The van der Waals surface area contributed by atoms with Gasteiger partial charge in [0.1, 0.15) is 11.9 Å². The summed E-state index contributed by atoms with van der Waals surface area (Å²) in [6.07, 6.45) is 1.78. The Bertz CT molecular complexity index is 508. The molecule has 5 heteroatoms. The van der Waals surface area contributed by atoms with Gasteiger partial charge in [-0.3, -0.25) is 4.79 Å². The topological polar surface area (TPSA) is 55.8 Å². The number of halogens is 1. The second kappa shape index (κ2) is 5.14. The zero-order valence-corrected chi connectivity index (χ0v) is 11.0. The Kier molecular flexibility index (Phi) is 3.48. The molecule has 1 aliphatic heterocycles. The number of aliphatic carboxylic acids is 1. The molecule has 4 nitrogen and oxygen atoms in total. The zero-order valence-electron chi connectivity index (χ0n) is 11.0. The second-order valence-corrected chi connectivity index (χ2v) is 5.46. The molecule has 108 valence electrons. The lowest BCUT2D eigenvalue weighted by molar-refractivity contribution is -0.196. The van der Waals surface area contributed by atoms with Crippen molar-refractivity contribution in [1.29, 1.82) is 0 Å². The van der Waals surface area contributed by atoms with Crippen LogP contribution >= 0.6 is 0 Å². The highest BCUT2D eigenvalue weighted by molar-refractivity contribution is 5.70. The van der Waals surface area contributed by atoms with Crippen molar-refractivity contribution in [3.63, 3.8) is 0 Å². The summed E-state index contributed by atoms with van der Waals surface area (Å²) in [5, 5.41) is 9.00. The first-order valence-corrected chi connectivity index (χ1v) is 6.89. The van der Waals surface area contributed by atoms with Gasteiger partial charge < -0.3 is 14.6 Å². The molecule has 0 bridgehead atoms. The molecule has 1 saturated heterocycles. The molecule has 1 unspecified atom stereocenters.